The minimum atomic E-state index is -1.18. The van der Waals surface area contributed by atoms with Crippen LogP contribution in [0.1, 0.15) is 165 Å². The number of aryl methyl sites for hydroxylation is 3. The van der Waals surface area contributed by atoms with E-state index in [4.69, 9.17) is 28.6 Å². The highest BCUT2D eigenvalue weighted by molar-refractivity contribution is 5.94. The summed E-state index contributed by atoms with van der Waals surface area (Å²) in [5, 5.41) is 3.81. The zero-order chi connectivity index (χ0) is 66.8. The number of fused-ring (bicyclic) bond motifs is 9. The minimum absolute atomic E-state index is 0.00695. The van der Waals surface area contributed by atoms with Gasteiger partial charge in [-0.05, 0) is 149 Å². The van der Waals surface area contributed by atoms with E-state index in [0.29, 0.717) is 55.2 Å². The Morgan fingerprint density at radius 3 is 1.57 bits per heavy atom. The molecule has 3 amide bonds. The summed E-state index contributed by atoms with van der Waals surface area (Å²) in [4.78, 5) is 101. The number of aromatic nitrogens is 11. The predicted molar refractivity (Wildman–Crippen MR) is 353 cm³/mol. The molecule has 8 aliphatic rings. The highest BCUT2D eigenvalue weighted by Gasteiger charge is 2.51. The summed E-state index contributed by atoms with van der Waals surface area (Å²) < 4.78 is 39.8. The molecule has 14 heterocycles. The summed E-state index contributed by atoms with van der Waals surface area (Å²) >= 11 is 0. The molecular weight excluding hydrogens is 1200 g/mol. The molecule has 8 aromatic heterocycles. The zero-order valence-corrected chi connectivity index (χ0v) is 56.1. The summed E-state index contributed by atoms with van der Waals surface area (Å²) in [6.07, 6.45) is 18.1. The molecule has 94 heavy (non-hydrogen) atoms. The molecule has 23 nitrogen and oxygen atoms in total. The van der Waals surface area contributed by atoms with Gasteiger partial charge in [-0.15, -0.1) is 0 Å². The summed E-state index contributed by atoms with van der Waals surface area (Å²) in [6, 6.07) is 13.8. The number of alkyl halides is 1. The van der Waals surface area contributed by atoms with Crippen LogP contribution < -0.4 is 17.1 Å². The van der Waals surface area contributed by atoms with E-state index >= 15 is 0 Å². The van der Waals surface area contributed by atoms with Crippen LogP contribution in [0.3, 0.4) is 0 Å². The van der Waals surface area contributed by atoms with Gasteiger partial charge in [-0.25, -0.2) is 43.5 Å². The predicted octanol–water partition coefficient (Wildman–Crippen LogP) is 10.4. The summed E-state index contributed by atoms with van der Waals surface area (Å²) in [6.45, 7) is 22.2. The number of imidazole rings is 3. The second-order valence-corrected chi connectivity index (χ2v) is 30.4. The molecule has 8 atom stereocenters. The normalized spacial score (nSPS) is 23.9. The number of halogens is 1. The van der Waals surface area contributed by atoms with Crippen molar-refractivity contribution in [3.8, 4) is 0 Å². The molecule has 0 radical (unpaired) electrons. The number of ether oxygens (including phenoxy) is 1. The fourth-order valence-electron chi connectivity index (χ4n) is 14.8. The van der Waals surface area contributed by atoms with E-state index in [1.54, 1.807) is 47.8 Å². The van der Waals surface area contributed by atoms with E-state index in [0.717, 1.165) is 102 Å². The molecule has 1 saturated carbocycles. The average Bonchev–Trinajstić information content (AvgIpc) is 1.48. The van der Waals surface area contributed by atoms with Crippen LogP contribution >= 0.6 is 0 Å². The van der Waals surface area contributed by atoms with E-state index in [-0.39, 0.29) is 93.7 Å². The van der Waals surface area contributed by atoms with Crippen LogP contribution in [0.15, 0.2) is 103 Å². The van der Waals surface area contributed by atoms with Crippen molar-refractivity contribution in [2.24, 2.45) is 43.8 Å². The van der Waals surface area contributed by atoms with E-state index in [2.05, 4.69) is 69.9 Å². The standard InChI is InChI=1S/C24H34N4O3.C23H24FN5O3.C23H27N5O3/c1-23(2,3)14-27-19-11-10-18(25-20(19)26(7)21(27)29)15-12-16-8-9-17(13-15)28(16)22(30)31-24(4,5)6;1-23(24)10-14(23)12-29-18-6-5-17(26-19(18)27(2)22(29)31)16-9-15-4-3-13(16)11-28(15)21(30)20-25-7-8-32-20;1-23(2,3)13-27-19-8-7-17(24-20(19)26(4)22(27)30)14-11-15-5-6-16(12-14)28(15)21(29)18-9-10-31-25-18/h10-12,16-17H,8-9,13-14H2,1-7H3;5-9,13-15H,3-4,10-12H2,1-2H3;7-11,15-16H,5-6,12-13H2,1-4H3. The Balaban J connectivity index is 0.000000128. The molecule has 0 aromatic carbocycles. The van der Waals surface area contributed by atoms with Gasteiger partial charge in [0.1, 0.15) is 23.8 Å². The zero-order valence-electron chi connectivity index (χ0n) is 56.1. The van der Waals surface area contributed by atoms with Crippen LogP contribution in [0.25, 0.3) is 50.2 Å². The number of oxazole rings is 1. The van der Waals surface area contributed by atoms with Gasteiger partial charge in [0.2, 0.25) is 0 Å². The van der Waals surface area contributed by atoms with Gasteiger partial charge in [0.15, 0.2) is 22.6 Å². The first-order chi connectivity index (χ1) is 44.4. The van der Waals surface area contributed by atoms with E-state index in [1.165, 1.54) is 23.3 Å². The highest BCUT2D eigenvalue weighted by Crippen LogP contribution is 2.48. The van der Waals surface area contributed by atoms with Gasteiger partial charge in [0.05, 0.1) is 58.0 Å². The van der Waals surface area contributed by atoms with Crippen molar-refractivity contribution < 1.29 is 32.5 Å². The van der Waals surface area contributed by atoms with Crippen LogP contribution in [-0.4, -0.2) is 133 Å². The molecule has 0 N–H and O–H groups in total. The Morgan fingerprint density at radius 2 is 1.12 bits per heavy atom. The molecule has 6 aliphatic heterocycles. The number of nitrogens with zero attached hydrogens (tertiary/aromatic N) is 14. The number of carbonyl (C=O) groups is 3. The summed E-state index contributed by atoms with van der Waals surface area (Å²) in [7, 11) is 5.26. The molecule has 3 saturated heterocycles. The fraction of sp³-hybridized carbons (Fsp3) is 0.529. The van der Waals surface area contributed by atoms with E-state index in [1.807, 2.05) is 81.0 Å². The Bertz CT molecular complexity index is 4590. The molecule has 8 aromatic rings. The van der Waals surface area contributed by atoms with Gasteiger partial charge in [0, 0.05) is 77.3 Å². The Hall–Kier alpha value is -8.96. The van der Waals surface area contributed by atoms with Gasteiger partial charge < -0.3 is 23.5 Å². The number of hydrogen-bond acceptors (Lipinski definition) is 14. The van der Waals surface area contributed by atoms with Crippen LogP contribution in [0.4, 0.5) is 9.18 Å². The number of rotatable bonds is 9. The first-order valence-corrected chi connectivity index (χ1v) is 32.9. The largest absolute Gasteiger partial charge is 0.444 e. The van der Waals surface area contributed by atoms with Crippen molar-refractivity contribution in [2.75, 3.05) is 6.54 Å². The topological polar surface area (TPSA) is 242 Å². The van der Waals surface area contributed by atoms with Crippen LogP contribution in [-0.2, 0) is 45.5 Å². The van der Waals surface area contributed by atoms with Crippen molar-refractivity contribution in [1.29, 1.82) is 0 Å². The first kappa shape index (κ1) is 63.8. The van der Waals surface area contributed by atoms with Gasteiger partial charge in [-0.3, -0.25) is 41.9 Å². The van der Waals surface area contributed by atoms with Crippen LogP contribution in [0.5, 0.6) is 0 Å². The second-order valence-electron chi connectivity index (χ2n) is 30.4. The lowest BCUT2D eigenvalue weighted by atomic mass is 9.78. The maximum atomic E-state index is 14.1. The fourth-order valence-corrected chi connectivity index (χ4v) is 14.8. The summed E-state index contributed by atoms with van der Waals surface area (Å²) in [5.74, 6) is -0.121. The van der Waals surface area contributed by atoms with Gasteiger partial charge in [-0.2, -0.15) is 0 Å². The molecule has 16 rings (SSSR count). The molecule has 496 valence electrons. The molecule has 0 spiro atoms. The summed E-state index contributed by atoms with van der Waals surface area (Å²) in [5.41, 5.74) is 8.81. The lowest BCUT2D eigenvalue weighted by molar-refractivity contribution is 0.0174. The molecule has 24 heteroatoms. The Morgan fingerprint density at radius 1 is 0.617 bits per heavy atom. The lowest BCUT2D eigenvalue weighted by Crippen LogP contribution is -2.49. The number of hydrogen-bond donors (Lipinski definition) is 0. The van der Waals surface area contributed by atoms with E-state index < -0.39 is 11.3 Å². The molecule has 2 aliphatic carbocycles. The van der Waals surface area contributed by atoms with Crippen molar-refractivity contribution in [1.82, 2.24) is 67.2 Å². The van der Waals surface area contributed by atoms with Gasteiger partial charge in [0.25, 0.3) is 11.8 Å². The van der Waals surface area contributed by atoms with Crippen LogP contribution in [0, 0.1) is 22.7 Å². The van der Waals surface area contributed by atoms with Crippen molar-refractivity contribution in [3.05, 3.63) is 140 Å². The average molecular weight is 1290 g/mol. The maximum Gasteiger partial charge on any atom is 0.411 e. The van der Waals surface area contributed by atoms with Crippen molar-refractivity contribution in [3.63, 3.8) is 0 Å². The van der Waals surface area contributed by atoms with Crippen molar-refractivity contribution in [2.45, 2.75) is 188 Å². The smallest absolute Gasteiger partial charge is 0.411 e. The van der Waals surface area contributed by atoms with Gasteiger partial charge >= 0.3 is 29.1 Å². The minimum Gasteiger partial charge on any atom is -0.444 e. The number of carbonyl (C=O) groups excluding carboxylic acids is 3. The maximum absolute atomic E-state index is 14.1. The lowest BCUT2D eigenvalue weighted by Gasteiger charge is -2.43. The number of piperidine rings is 1. The molecule has 8 unspecified atom stereocenters. The molecule has 4 fully saturated rings. The number of pyridine rings is 3. The SMILES string of the molecule is Cn1c(=O)n(CC(C)(C)C)c2ccc(C3=CC4CCC(C3)N4C(=O)OC(C)(C)C)nc21.Cn1c(=O)n(CC(C)(C)C)c2ccc(C3=CC4CCC(C3)N4C(=O)c3ccon3)nc21.Cn1c(=O)n(CC2CC2(C)F)c2ccc(C3=CC4CCC3CN4C(=O)c3ncco3)nc21. The third-order valence-electron chi connectivity index (χ3n) is 19.5. The molecular formula is C70H85FN14O9. The first-order valence-electron chi connectivity index (χ1n) is 32.9. The quantitative estimate of drug-likeness (QED) is 0.131. The monoisotopic (exact) mass is 1280 g/mol. The van der Waals surface area contributed by atoms with Crippen LogP contribution in [0.2, 0.25) is 0 Å². The third kappa shape index (κ3) is 12.1. The van der Waals surface area contributed by atoms with Gasteiger partial charge in [-0.1, -0.05) is 64.9 Å². The third-order valence-corrected chi connectivity index (χ3v) is 19.5. The van der Waals surface area contributed by atoms with E-state index in [9.17, 15) is 33.2 Å². The molecule has 6 bridgehead atoms. The Labute approximate surface area is 543 Å². The Kier molecular flexibility index (Phi) is 15.9. The highest BCUT2D eigenvalue weighted by atomic mass is 19.1. The van der Waals surface area contributed by atoms with Crippen molar-refractivity contribution >= 4 is 68.1 Å². The number of amides is 3. The second kappa shape index (κ2) is 23.5.